The smallest absolute Gasteiger partial charge is 0.317 e. The number of nitrogens with zero attached hydrogens (tertiary/aromatic N) is 1. The van der Waals surface area contributed by atoms with Gasteiger partial charge in [0.1, 0.15) is 0 Å². The van der Waals surface area contributed by atoms with Crippen LogP contribution in [0, 0.1) is 5.92 Å². The lowest BCUT2D eigenvalue weighted by Crippen LogP contribution is -2.43. The zero-order valence-corrected chi connectivity index (χ0v) is 12.9. The average molecular weight is 292 g/mol. The summed E-state index contributed by atoms with van der Waals surface area (Å²) in [6.07, 6.45) is 0. The fourth-order valence-corrected chi connectivity index (χ4v) is 2.13. The molecule has 0 aliphatic heterocycles. The molecule has 5 heteroatoms. The Bertz CT molecular complexity index is 460. The maximum atomic E-state index is 12.1. The van der Waals surface area contributed by atoms with Gasteiger partial charge in [-0.15, -0.1) is 0 Å². The lowest BCUT2D eigenvalue weighted by Gasteiger charge is -2.24. The molecule has 0 bridgehead atoms. The summed E-state index contributed by atoms with van der Waals surface area (Å²) >= 11 is 0. The van der Waals surface area contributed by atoms with Gasteiger partial charge in [-0.1, -0.05) is 44.2 Å². The molecule has 21 heavy (non-hydrogen) atoms. The molecule has 0 heterocycles. The van der Waals surface area contributed by atoms with Gasteiger partial charge in [-0.2, -0.15) is 0 Å². The van der Waals surface area contributed by atoms with Crippen LogP contribution in [-0.4, -0.2) is 41.6 Å². The molecule has 2 amide bonds. The number of urea groups is 1. The van der Waals surface area contributed by atoms with Crippen LogP contribution in [0.3, 0.4) is 0 Å². The van der Waals surface area contributed by atoms with Crippen LogP contribution in [0.2, 0.25) is 0 Å². The molecule has 0 radical (unpaired) electrons. The van der Waals surface area contributed by atoms with Gasteiger partial charge in [0.05, 0.1) is 5.92 Å². The lowest BCUT2D eigenvalue weighted by molar-refractivity contribution is -0.138. The number of carboxylic acids is 1. The predicted octanol–water partition coefficient (Wildman–Crippen LogP) is 2.54. The largest absolute Gasteiger partial charge is 0.481 e. The van der Waals surface area contributed by atoms with Crippen molar-refractivity contribution < 1.29 is 14.7 Å². The third kappa shape index (κ3) is 5.45. The Labute approximate surface area is 126 Å². The molecular weight excluding hydrogens is 268 g/mol. The van der Waals surface area contributed by atoms with Crippen molar-refractivity contribution in [1.29, 1.82) is 0 Å². The van der Waals surface area contributed by atoms with E-state index in [0.29, 0.717) is 24.6 Å². The maximum absolute atomic E-state index is 12.1. The Morgan fingerprint density at radius 2 is 1.86 bits per heavy atom. The third-order valence-electron chi connectivity index (χ3n) is 3.21. The molecule has 1 aromatic carbocycles. The summed E-state index contributed by atoms with van der Waals surface area (Å²) in [5.74, 6) is -1.29. The number of aliphatic carboxylic acids is 1. The van der Waals surface area contributed by atoms with Gasteiger partial charge < -0.3 is 15.3 Å². The van der Waals surface area contributed by atoms with Gasteiger partial charge in [0, 0.05) is 19.6 Å². The quantitative estimate of drug-likeness (QED) is 0.811. The second kappa shape index (κ2) is 8.29. The van der Waals surface area contributed by atoms with Gasteiger partial charge in [0.25, 0.3) is 0 Å². The number of hydrogen-bond acceptors (Lipinski definition) is 2. The minimum absolute atomic E-state index is 0.0901. The standard InChI is InChI=1S/C16H24N2O3/c1-4-18(11-12(2)3)16(21)17-10-14(15(19)20)13-8-6-5-7-9-13/h5-9,12,14H,4,10-11H2,1-3H3,(H,17,21)(H,19,20). The van der Waals surface area contributed by atoms with Gasteiger partial charge >= 0.3 is 12.0 Å². The number of hydrogen-bond donors (Lipinski definition) is 2. The van der Waals surface area contributed by atoms with Gasteiger partial charge in [-0.05, 0) is 18.4 Å². The van der Waals surface area contributed by atoms with Crippen LogP contribution < -0.4 is 5.32 Å². The van der Waals surface area contributed by atoms with Crippen LogP contribution in [-0.2, 0) is 4.79 Å². The Morgan fingerprint density at radius 3 is 2.33 bits per heavy atom. The van der Waals surface area contributed by atoms with E-state index in [1.165, 1.54) is 0 Å². The van der Waals surface area contributed by atoms with Crippen molar-refractivity contribution in [3.05, 3.63) is 35.9 Å². The summed E-state index contributed by atoms with van der Waals surface area (Å²) in [5, 5.41) is 12.0. The molecule has 2 N–H and O–H groups in total. The van der Waals surface area contributed by atoms with Crippen molar-refractivity contribution in [3.8, 4) is 0 Å². The molecule has 1 unspecified atom stereocenters. The van der Waals surface area contributed by atoms with Gasteiger partial charge in [-0.25, -0.2) is 4.79 Å². The minimum atomic E-state index is -0.937. The maximum Gasteiger partial charge on any atom is 0.317 e. The molecule has 5 nitrogen and oxygen atoms in total. The molecule has 0 fully saturated rings. The highest BCUT2D eigenvalue weighted by molar-refractivity contribution is 5.79. The number of carbonyl (C=O) groups is 2. The van der Waals surface area contributed by atoms with Crippen molar-refractivity contribution in [2.24, 2.45) is 5.92 Å². The Hall–Kier alpha value is -2.04. The zero-order valence-electron chi connectivity index (χ0n) is 12.9. The number of amides is 2. The number of nitrogens with one attached hydrogen (secondary N) is 1. The number of carboxylic acid groups (broad SMARTS) is 1. The van der Waals surface area contributed by atoms with E-state index >= 15 is 0 Å². The third-order valence-corrected chi connectivity index (χ3v) is 3.21. The molecular formula is C16H24N2O3. The molecule has 0 aliphatic carbocycles. The topological polar surface area (TPSA) is 69.6 Å². The molecule has 116 valence electrons. The van der Waals surface area contributed by atoms with E-state index in [4.69, 9.17) is 0 Å². The summed E-state index contributed by atoms with van der Waals surface area (Å²) < 4.78 is 0. The molecule has 0 saturated carbocycles. The molecule has 1 atom stereocenters. The molecule has 0 aliphatic rings. The molecule has 1 aromatic rings. The number of carbonyl (C=O) groups excluding carboxylic acids is 1. The van der Waals surface area contributed by atoms with E-state index in [2.05, 4.69) is 5.32 Å². The molecule has 0 aromatic heterocycles. The first-order valence-corrected chi connectivity index (χ1v) is 7.26. The fraction of sp³-hybridized carbons (Fsp3) is 0.500. The Kier molecular flexibility index (Phi) is 6.72. The van der Waals surface area contributed by atoms with Crippen LogP contribution in [0.15, 0.2) is 30.3 Å². The van der Waals surface area contributed by atoms with Crippen molar-refractivity contribution in [2.75, 3.05) is 19.6 Å². The summed E-state index contributed by atoms with van der Waals surface area (Å²) in [7, 11) is 0. The minimum Gasteiger partial charge on any atom is -0.481 e. The van der Waals surface area contributed by atoms with Crippen LogP contribution in [0.5, 0.6) is 0 Å². The summed E-state index contributed by atoms with van der Waals surface area (Å²) in [5.41, 5.74) is 0.692. The van der Waals surface area contributed by atoms with Crippen LogP contribution in [0.4, 0.5) is 4.79 Å². The van der Waals surface area contributed by atoms with Crippen molar-refractivity contribution in [2.45, 2.75) is 26.7 Å². The number of benzene rings is 1. The summed E-state index contributed by atoms with van der Waals surface area (Å²) in [4.78, 5) is 25.1. The highest BCUT2D eigenvalue weighted by atomic mass is 16.4. The van der Waals surface area contributed by atoms with Gasteiger partial charge in [0.15, 0.2) is 0 Å². The van der Waals surface area contributed by atoms with Gasteiger partial charge in [-0.3, -0.25) is 4.79 Å². The molecule has 1 rings (SSSR count). The van der Waals surface area contributed by atoms with E-state index in [1.807, 2.05) is 26.8 Å². The van der Waals surface area contributed by atoms with E-state index in [9.17, 15) is 14.7 Å². The second-order valence-corrected chi connectivity index (χ2v) is 5.42. The molecule has 0 spiro atoms. The first-order valence-electron chi connectivity index (χ1n) is 7.26. The number of rotatable bonds is 7. The summed E-state index contributed by atoms with van der Waals surface area (Å²) in [6, 6.07) is 8.73. The van der Waals surface area contributed by atoms with E-state index in [-0.39, 0.29) is 12.6 Å². The van der Waals surface area contributed by atoms with E-state index in [0.717, 1.165) is 0 Å². The normalized spacial score (nSPS) is 12.0. The first-order chi connectivity index (χ1) is 9.95. The van der Waals surface area contributed by atoms with Crippen LogP contribution >= 0.6 is 0 Å². The van der Waals surface area contributed by atoms with Crippen molar-refractivity contribution >= 4 is 12.0 Å². The van der Waals surface area contributed by atoms with E-state index in [1.54, 1.807) is 29.2 Å². The van der Waals surface area contributed by atoms with Crippen molar-refractivity contribution in [1.82, 2.24) is 10.2 Å². The summed E-state index contributed by atoms with van der Waals surface area (Å²) in [6.45, 7) is 7.35. The van der Waals surface area contributed by atoms with Gasteiger partial charge in [0.2, 0.25) is 0 Å². The zero-order chi connectivity index (χ0) is 15.8. The van der Waals surface area contributed by atoms with E-state index < -0.39 is 11.9 Å². The van der Waals surface area contributed by atoms with Crippen LogP contribution in [0.1, 0.15) is 32.3 Å². The SMILES string of the molecule is CCN(CC(C)C)C(=O)NCC(C(=O)O)c1ccccc1. The average Bonchev–Trinajstić information content (AvgIpc) is 2.45. The Morgan fingerprint density at radius 1 is 1.24 bits per heavy atom. The highest BCUT2D eigenvalue weighted by Gasteiger charge is 2.21. The monoisotopic (exact) mass is 292 g/mol. The molecule has 0 saturated heterocycles. The Balaban J connectivity index is 2.65. The fourth-order valence-electron chi connectivity index (χ4n) is 2.13. The van der Waals surface area contributed by atoms with Crippen LogP contribution in [0.25, 0.3) is 0 Å². The first kappa shape index (κ1) is 17.0. The predicted molar refractivity (Wildman–Crippen MR) is 82.3 cm³/mol. The lowest BCUT2D eigenvalue weighted by atomic mass is 9.99. The van der Waals surface area contributed by atoms with Crippen molar-refractivity contribution in [3.63, 3.8) is 0 Å². The highest BCUT2D eigenvalue weighted by Crippen LogP contribution is 2.14. The second-order valence-electron chi connectivity index (χ2n) is 5.42.